The molecule has 2 rings (SSSR count). The Kier molecular flexibility index (Phi) is 3.91. The zero-order valence-corrected chi connectivity index (χ0v) is 10.2. The van der Waals surface area contributed by atoms with Gasteiger partial charge in [0.25, 0.3) is 0 Å². The molecule has 0 amide bonds. The van der Waals surface area contributed by atoms with E-state index in [2.05, 4.69) is 34.3 Å². The molecule has 88 valence electrons. The highest BCUT2D eigenvalue weighted by atomic mass is 15.2. The Morgan fingerprint density at radius 1 is 1.50 bits per heavy atom. The Balaban J connectivity index is 2.19. The predicted octanol–water partition coefficient (Wildman–Crippen LogP) is 1.68. The van der Waals surface area contributed by atoms with Crippen LogP contribution >= 0.6 is 0 Å². The highest BCUT2D eigenvalue weighted by Crippen LogP contribution is 2.35. The van der Waals surface area contributed by atoms with Gasteiger partial charge < -0.3 is 5.32 Å². The lowest BCUT2D eigenvalue weighted by Crippen LogP contribution is -2.29. The maximum Gasteiger partial charge on any atom is 0.0578 e. The third-order valence-electron chi connectivity index (χ3n) is 3.49. The number of likely N-dealkylation sites (tertiary alicyclic amines) is 1. The number of hydrogen-bond donors (Lipinski definition) is 1. The molecule has 2 heterocycles. The quantitative estimate of drug-likeness (QED) is 0.835. The van der Waals surface area contributed by atoms with E-state index in [9.17, 15) is 0 Å². The zero-order chi connectivity index (χ0) is 11.4. The van der Waals surface area contributed by atoms with Crippen molar-refractivity contribution in [3.63, 3.8) is 0 Å². The van der Waals surface area contributed by atoms with Crippen LogP contribution in [-0.4, -0.2) is 36.6 Å². The first kappa shape index (κ1) is 11.6. The second kappa shape index (κ2) is 5.41. The van der Waals surface area contributed by atoms with Crippen LogP contribution in [0.3, 0.4) is 0 Å². The fraction of sp³-hybridized carbons (Fsp3) is 0.615. The van der Waals surface area contributed by atoms with Gasteiger partial charge >= 0.3 is 0 Å². The maximum absolute atomic E-state index is 4.52. The number of aromatic nitrogens is 1. The summed E-state index contributed by atoms with van der Waals surface area (Å²) >= 11 is 0. The number of nitrogens with zero attached hydrogens (tertiary/aromatic N) is 2. The molecule has 0 spiro atoms. The molecule has 2 unspecified atom stereocenters. The Morgan fingerprint density at radius 2 is 2.38 bits per heavy atom. The van der Waals surface area contributed by atoms with E-state index >= 15 is 0 Å². The third-order valence-corrected chi connectivity index (χ3v) is 3.49. The van der Waals surface area contributed by atoms with Gasteiger partial charge in [0.2, 0.25) is 0 Å². The van der Waals surface area contributed by atoms with Gasteiger partial charge in [-0.1, -0.05) is 13.0 Å². The molecule has 1 aromatic rings. The molecular formula is C13H21N3. The lowest BCUT2D eigenvalue weighted by Gasteiger charge is -2.26. The molecular weight excluding hydrogens is 198 g/mol. The SMILES string of the molecule is CCN1CCC(CNC)C1c1ccccn1. The topological polar surface area (TPSA) is 28.2 Å². The van der Waals surface area contributed by atoms with E-state index in [-0.39, 0.29) is 0 Å². The molecule has 2 atom stereocenters. The molecule has 0 saturated carbocycles. The molecule has 0 radical (unpaired) electrons. The van der Waals surface area contributed by atoms with Crippen molar-refractivity contribution in [2.24, 2.45) is 5.92 Å². The minimum Gasteiger partial charge on any atom is -0.319 e. The van der Waals surface area contributed by atoms with Crippen LogP contribution in [0.4, 0.5) is 0 Å². The van der Waals surface area contributed by atoms with Crippen molar-refractivity contribution in [3.8, 4) is 0 Å². The first-order valence-corrected chi connectivity index (χ1v) is 6.16. The summed E-state index contributed by atoms with van der Waals surface area (Å²) in [7, 11) is 2.03. The van der Waals surface area contributed by atoms with Crippen molar-refractivity contribution >= 4 is 0 Å². The summed E-state index contributed by atoms with van der Waals surface area (Å²) in [5.74, 6) is 0.694. The normalized spacial score (nSPS) is 26.1. The van der Waals surface area contributed by atoms with Crippen LogP contribution < -0.4 is 5.32 Å². The number of rotatable bonds is 4. The fourth-order valence-corrected chi connectivity index (χ4v) is 2.74. The summed E-state index contributed by atoms with van der Waals surface area (Å²) < 4.78 is 0. The molecule has 0 aromatic carbocycles. The van der Waals surface area contributed by atoms with Crippen LogP contribution in [0.25, 0.3) is 0 Å². The molecule has 1 aliphatic heterocycles. The Morgan fingerprint density at radius 3 is 3.00 bits per heavy atom. The van der Waals surface area contributed by atoms with E-state index in [4.69, 9.17) is 0 Å². The van der Waals surface area contributed by atoms with Gasteiger partial charge in [0.15, 0.2) is 0 Å². The van der Waals surface area contributed by atoms with Gasteiger partial charge in [-0.05, 0) is 51.2 Å². The summed E-state index contributed by atoms with van der Waals surface area (Å²) in [4.78, 5) is 7.05. The highest BCUT2D eigenvalue weighted by Gasteiger charge is 2.34. The third kappa shape index (κ3) is 2.25. The van der Waals surface area contributed by atoms with Crippen molar-refractivity contribution in [2.75, 3.05) is 26.7 Å². The maximum atomic E-state index is 4.52. The van der Waals surface area contributed by atoms with Crippen LogP contribution in [0.1, 0.15) is 25.1 Å². The average Bonchev–Trinajstić information content (AvgIpc) is 2.74. The predicted molar refractivity (Wildman–Crippen MR) is 66.3 cm³/mol. The van der Waals surface area contributed by atoms with Crippen molar-refractivity contribution in [2.45, 2.75) is 19.4 Å². The van der Waals surface area contributed by atoms with E-state index < -0.39 is 0 Å². The summed E-state index contributed by atoms with van der Waals surface area (Å²) in [6.45, 7) is 5.63. The molecule has 1 saturated heterocycles. The molecule has 0 bridgehead atoms. The lowest BCUT2D eigenvalue weighted by atomic mass is 9.97. The molecule has 1 N–H and O–H groups in total. The van der Waals surface area contributed by atoms with Crippen LogP contribution in [0.15, 0.2) is 24.4 Å². The van der Waals surface area contributed by atoms with Crippen LogP contribution in [-0.2, 0) is 0 Å². The molecule has 0 aliphatic carbocycles. The van der Waals surface area contributed by atoms with E-state index in [1.807, 2.05) is 19.3 Å². The van der Waals surface area contributed by atoms with Gasteiger partial charge in [-0.15, -0.1) is 0 Å². The minimum absolute atomic E-state index is 0.499. The standard InChI is InChI=1S/C13H21N3/c1-3-16-9-7-11(10-14-2)13(16)12-6-4-5-8-15-12/h4-6,8,11,13-14H,3,7,9-10H2,1-2H3. The average molecular weight is 219 g/mol. The van der Waals surface area contributed by atoms with E-state index in [0.717, 1.165) is 13.1 Å². The molecule has 3 nitrogen and oxygen atoms in total. The van der Waals surface area contributed by atoms with Gasteiger partial charge in [-0.25, -0.2) is 0 Å². The summed E-state index contributed by atoms with van der Waals surface area (Å²) in [5.41, 5.74) is 1.22. The monoisotopic (exact) mass is 219 g/mol. The van der Waals surface area contributed by atoms with Gasteiger partial charge in [0, 0.05) is 6.20 Å². The van der Waals surface area contributed by atoms with Gasteiger partial charge in [0.1, 0.15) is 0 Å². The molecule has 1 aliphatic rings. The van der Waals surface area contributed by atoms with E-state index in [1.54, 1.807) is 0 Å². The largest absolute Gasteiger partial charge is 0.319 e. The first-order chi connectivity index (χ1) is 7.86. The zero-order valence-electron chi connectivity index (χ0n) is 10.2. The lowest BCUT2D eigenvalue weighted by molar-refractivity contribution is 0.233. The molecule has 3 heteroatoms. The molecule has 16 heavy (non-hydrogen) atoms. The Labute approximate surface area is 97.9 Å². The van der Waals surface area contributed by atoms with Crippen LogP contribution in [0, 0.1) is 5.92 Å². The fourth-order valence-electron chi connectivity index (χ4n) is 2.74. The van der Waals surface area contributed by atoms with Crippen LogP contribution in [0.2, 0.25) is 0 Å². The van der Waals surface area contributed by atoms with E-state index in [0.29, 0.717) is 12.0 Å². The Hall–Kier alpha value is -0.930. The smallest absolute Gasteiger partial charge is 0.0578 e. The van der Waals surface area contributed by atoms with Crippen LogP contribution in [0.5, 0.6) is 0 Å². The van der Waals surface area contributed by atoms with Gasteiger partial charge in [0.05, 0.1) is 11.7 Å². The number of nitrogens with one attached hydrogen (secondary N) is 1. The minimum atomic E-state index is 0.499. The van der Waals surface area contributed by atoms with Crippen molar-refractivity contribution in [3.05, 3.63) is 30.1 Å². The Bertz CT molecular complexity index is 312. The van der Waals surface area contributed by atoms with Gasteiger partial charge in [-0.3, -0.25) is 9.88 Å². The van der Waals surface area contributed by atoms with Crippen molar-refractivity contribution < 1.29 is 0 Å². The van der Waals surface area contributed by atoms with Crippen molar-refractivity contribution in [1.82, 2.24) is 15.2 Å². The number of pyridine rings is 1. The van der Waals surface area contributed by atoms with Crippen molar-refractivity contribution in [1.29, 1.82) is 0 Å². The summed E-state index contributed by atoms with van der Waals surface area (Å²) in [5, 5.41) is 3.30. The van der Waals surface area contributed by atoms with E-state index in [1.165, 1.54) is 18.7 Å². The highest BCUT2D eigenvalue weighted by molar-refractivity contribution is 5.12. The second-order valence-corrected chi connectivity index (χ2v) is 4.43. The molecule has 1 fully saturated rings. The number of hydrogen-bond acceptors (Lipinski definition) is 3. The van der Waals surface area contributed by atoms with Gasteiger partial charge in [-0.2, -0.15) is 0 Å². The summed E-state index contributed by atoms with van der Waals surface area (Å²) in [6, 6.07) is 6.73. The molecule has 1 aromatic heterocycles. The summed E-state index contributed by atoms with van der Waals surface area (Å²) in [6.07, 6.45) is 3.17. The second-order valence-electron chi connectivity index (χ2n) is 4.43. The first-order valence-electron chi connectivity index (χ1n) is 6.16.